The normalized spacial score (nSPS) is 14.4. The van der Waals surface area contributed by atoms with Crippen molar-refractivity contribution in [3.05, 3.63) is 64.3 Å². The van der Waals surface area contributed by atoms with Crippen LogP contribution in [-0.2, 0) is 9.59 Å². The van der Waals surface area contributed by atoms with Gasteiger partial charge in [-0.1, -0.05) is 23.7 Å². The number of anilines is 1. The van der Waals surface area contributed by atoms with E-state index in [-0.39, 0.29) is 29.7 Å². The number of aryl methyl sites for hydroxylation is 1. The number of halogens is 1. The minimum Gasteiger partial charge on any atom is -0.491 e. The highest BCUT2D eigenvalue weighted by atomic mass is 35.5. The summed E-state index contributed by atoms with van der Waals surface area (Å²) in [7, 11) is 0. The van der Waals surface area contributed by atoms with Crippen LogP contribution in [0.1, 0.15) is 38.8 Å². The highest BCUT2D eigenvalue weighted by Gasteiger charge is 2.40. The Morgan fingerprint density at radius 2 is 1.62 bits per heavy atom. The lowest BCUT2D eigenvalue weighted by molar-refractivity contribution is -0.138. The first-order valence-corrected chi connectivity index (χ1v) is 9.99. The van der Waals surface area contributed by atoms with Crippen LogP contribution in [0.4, 0.5) is 5.69 Å². The second-order valence-corrected chi connectivity index (χ2v) is 8.04. The average Bonchev–Trinajstić information content (AvgIpc) is 2.88. The molecule has 0 radical (unpaired) electrons. The minimum atomic E-state index is -0.336. The molecule has 0 aliphatic carbocycles. The quantitative estimate of drug-likeness (QED) is 0.675. The summed E-state index contributed by atoms with van der Waals surface area (Å²) in [4.78, 5) is 27.5. The van der Waals surface area contributed by atoms with Crippen LogP contribution in [0.5, 0.6) is 5.75 Å². The van der Waals surface area contributed by atoms with Gasteiger partial charge in [0.15, 0.2) is 0 Å². The van der Waals surface area contributed by atoms with E-state index in [9.17, 15) is 9.59 Å². The lowest BCUT2D eigenvalue weighted by Crippen LogP contribution is -2.38. The summed E-state index contributed by atoms with van der Waals surface area (Å²) in [5, 5.41) is 3.79. The molecular weight excluding hydrogens is 388 g/mol. The number of nitrogens with one attached hydrogen (secondary N) is 1. The summed E-state index contributed by atoms with van der Waals surface area (Å²) < 4.78 is 5.68. The van der Waals surface area contributed by atoms with Gasteiger partial charge in [0.2, 0.25) is 0 Å². The molecule has 152 valence electrons. The van der Waals surface area contributed by atoms with Crippen LogP contribution >= 0.6 is 11.6 Å². The smallest absolute Gasteiger partial charge is 0.278 e. The standard InChI is InChI=1S/C23H25ClN2O3/c1-13(2)26-22(27)20(16-6-9-18(10-7-16)29-14(3)4)21(23(26)28)25-19-11-8-17(24)12-15(19)5/h6-14,25H,1-5H3. The van der Waals surface area contributed by atoms with Crippen LogP contribution in [0.2, 0.25) is 5.02 Å². The fourth-order valence-electron chi connectivity index (χ4n) is 3.27. The minimum absolute atomic E-state index is 0.0521. The fraction of sp³-hybridized carbons (Fsp3) is 0.304. The van der Waals surface area contributed by atoms with E-state index in [0.29, 0.717) is 21.9 Å². The Labute approximate surface area is 176 Å². The number of hydrogen-bond acceptors (Lipinski definition) is 4. The summed E-state index contributed by atoms with van der Waals surface area (Å²) in [5.74, 6) is 0.0680. The maximum atomic E-state index is 13.1. The molecule has 2 aromatic carbocycles. The van der Waals surface area contributed by atoms with Gasteiger partial charge in [0.25, 0.3) is 11.8 Å². The second kappa shape index (κ2) is 8.29. The second-order valence-electron chi connectivity index (χ2n) is 7.60. The molecule has 0 atom stereocenters. The van der Waals surface area contributed by atoms with Crippen molar-refractivity contribution in [3.63, 3.8) is 0 Å². The van der Waals surface area contributed by atoms with Crippen LogP contribution < -0.4 is 10.1 Å². The molecule has 0 spiro atoms. The Kier molecular flexibility index (Phi) is 5.99. The van der Waals surface area contributed by atoms with Gasteiger partial charge in [-0.25, -0.2) is 0 Å². The van der Waals surface area contributed by atoms with E-state index in [0.717, 1.165) is 11.3 Å². The number of benzene rings is 2. The van der Waals surface area contributed by atoms with Crippen LogP contribution in [0, 0.1) is 6.92 Å². The van der Waals surface area contributed by atoms with Gasteiger partial charge in [-0.05, 0) is 76.1 Å². The van der Waals surface area contributed by atoms with Crippen molar-refractivity contribution < 1.29 is 14.3 Å². The molecule has 1 N–H and O–H groups in total. The van der Waals surface area contributed by atoms with Crippen molar-refractivity contribution >= 4 is 34.7 Å². The van der Waals surface area contributed by atoms with Crippen molar-refractivity contribution in [2.24, 2.45) is 0 Å². The number of amides is 2. The number of carbonyl (C=O) groups excluding carboxylic acids is 2. The number of rotatable bonds is 6. The number of imide groups is 1. The van der Waals surface area contributed by atoms with Gasteiger partial charge in [0, 0.05) is 16.8 Å². The van der Waals surface area contributed by atoms with Gasteiger partial charge in [0.1, 0.15) is 11.4 Å². The van der Waals surface area contributed by atoms with Crippen LogP contribution in [-0.4, -0.2) is 28.9 Å². The van der Waals surface area contributed by atoms with Crippen molar-refractivity contribution in [2.75, 3.05) is 5.32 Å². The predicted octanol–water partition coefficient (Wildman–Crippen LogP) is 5.04. The van der Waals surface area contributed by atoms with Gasteiger partial charge < -0.3 is 10.1 Å². The highest BCUT2D eigenvalue weighted by Crippen LogP contribution is 2.33. The molecule has 1 aliphatic heterocycles. The Morgan fingerprint density at radius 3 is 2.17 bits per heavy atom. The molecule has 0 saturated carbocycles. The molecule has 2 amide bonds. The van der Waals surface area contributed by atoms with Crippen LogP contribution in [0.3, 0.4) is 0 Å². The molecule has 0 saturated heterocycles. The lowest BCUT2D eigenvalue weighted by Gasteiger charge is -2.19. The van der Waals surface area contributed by atoms with Crippen molar-refractivity contribution in [1.29, 1.82) is 0 Å². The van der Waals surface area contributed by atoms with E-state index in [4.69, 9.17) is 16.3 Å². The SMILES string of the molecule is Cc1cc(Cl)ccc1NC1=C(c2ccc(OC(C)C)cc2)C(=O)N(C(C)C)C1=O. The van der Waals surface area contributed by atoms with Crippen molar-refractivity contribution in [1.82, 2.24) is 4.90 Å². The van der Waals surface area contributed by atoms with Crippen molar-refractivity contribution in [3.8, 4) is 5.75 Å². The third kappa shape index (κ3) is 4.30. The summed E-state index contributed by atoms with van der Waals surface area (Å²) in [6, 6.07) is 12.3. The lowest BCUT2D eigenvalue weighted by atomic mass is 10.0. The molecular formula is C23H25ClN2O3. The molecule has 2 aromatic rings. The topological polar surface area (TPSA) is 58.6 Å². The molecule has 1 heterocycles. The third-order valence-corrected chi connectivity index (χ3v) is 4.83. The van der Waals surface area contributed by atoms with Crippen molar-refractivity contribution in [2.45, 2.75) is 46.8 Å². The molecule has 3 rings (SSSR count). The molecule has 0 bridgehead atoms. The summed E-state index contributed by atoms with van der Waals surface area (Å²) in [6.07, 6.45) is 0.0521. The number of nitrogens with zero attached hydrogens (tertiary/aromatic N) is 1. The first-order chi connectivity index (χ1) is 13.7. The molecule has 0 fully saturated rings. The number of carbonyl (C=O) groups is 2. The summed E-state index contributed by atoms with van der Waals surface area (Å²) >= 11 is 6.04. The summed E-state index contributed by atoms with van der Waals surface area (Å²) in [5.41, 5.74) is 2.90. The van der Waals surface area contributed by atoms with E-state index in [1.165, 1.54) is 4.90 Å². The first kappa shape index (κ1) is 20.9. The zero-order chi connectivity index (χ0) is 21.3. The fourth-order valence-corrected chi connectivity index (χ4v) is 3.50. The molecule has 0 unspecified atom stereocenters. The van der Waals surface area contributed by atoms with E-state index in [1.807, 2.05) is 52.8 Å². The van der Waals surface area contributed by atoms with Gasteiger partial charge in [-0.3, -0.25) is 14.5 Å². The Hall–Kier alpha value is -2.79. The largest absolute Gasteiger partial charge is 0.491 e. The highest BCUT2D eigenvalue weighted by molar-refractivity contribution is 6.36. The predicted molar refractivity (Wildman–Crippen MR) is 116 cm³/mol. The third-order valence-electron chi connectivity index (χ3n) is 4.59. The van der Waals surface area contributed by atoms with Crippen LogP contribution in [0.15, 0.2) is 48.2 Å². The number of ether oxygens (including phenoxy) is 1. The van der Waals surface area contributed by atoms with Gasteiger partial charge in [-0.15, -0.1) is 0 Å². The molecule has 1 aliphatic rings. The van der Waals surface area contributed by atoms with E-state index >= 15 is 0 Å². The monoisotopic (exact) mass is 412 g/mol. The average molecular weight is 413 g/mol. The van der Waals surface area contributed by atoms with Gasteiger partial charge in [-0.2, -0.15) is 0 Å². The number of hydrogen-bond donors (Lipinski definition) is 1. The van der Waals surface area contributed by atoms with Crippen LogP contribution in [0.25, 0.3) is 5.57 Å². The summed E-state index contributed by atoms with van der Waals surface area (Å²) in [6.45, 7) is 9.44. The van der Waals surface area contributed by atoms with Gasteiger partial charge in [0.05, 0.1) is 11.7 Å². The maximum absolute atomic E-state index is 13.1. The first-order valence-electron chi connectivity index (χ1n) is 9.61. The maximum Gasteiger partial charge on any atom is 0.278 e. The Bertz CT molecular complexity index is 978. The Morgan fingerprint density at radius 1 is 0.966 bits per heavy atom. The molecule has 5 nitrogen and oxygen atoms in total. The Balaban J connectivity index is 2.06. The zero-order valence-electron chi connectivity index (χ0n) is 17.2. The van der Waals surface area contributed by atoms with E-state index in [1.54, 1.807) is 24.3 Å². The zero-order valence-corrected chi connectivity index (χ0v) is 18.0. The molecule has 0 aromatic heterocycles. The molecule has 6 heteroatoms. The molecule has 29 heavy (non-hydrogen) atoms. The van der Waals surface area contributed by atoms with E-state index in [2.05, 4.69) is 5.32 Å². The van der Waals surface area contributed by atoms with E-state index < -0.39 is 0 Å². The van der Waals surface area contributed by atoms with Gasteiger partial charge >= 0.3 is 0 Å².